The molecular weight excluding hydrogens is 117 g/mol. The van der Waals surface area contributed by atoms with Crippen molar-refractivity contribution in [1.82, 2.24) is 0 Å². The van der Waals surface area contributed by atoms with E-state index < -0.39 is 8.60 Å². The molecule has 6 heavy (non-hydrogen) atoms. The Hall–Kier alpha value is 1.04. The maximum atomic E-state index is 7.63. The highest BCUT2D eigenvalue weighted by atomic mass is 31.2. The average Bonchev–Trinajstić information content (AvgIpc) is 1.38. The molecule has 0 unspecified atom stereocenters. The molecule has 6 heteroatoms. The molecule has 0 saturated heterocycles. The molecule has 0 spiro atoms. The van der Waals surface area contributed by atoms with Gasteiger partial charge in [0.1, 0.15) is 0 Å². The van der Waals surface area contributed by atoms with Gasteiger partial charge in [-0.15, -0.1) is 0 Å². The number of hydrogen-bond donors (Lipinski definition) is 3. The first kappa shape index (κ1) is 10.1. The van der Waals surface area contributed by atoms with Crippen LogP contribution in [0.1, 0.15) is 0 Å². The Morgan fingerprint density at radius 3 is 1.67 bits per heavy atom. The molecule has 0 aromatic carbocycles. The van der Waals surface area contributed by atoms with Gasteiger partial charge < -0.3 is 9.79 Å². The molecule has 0 aliphatic carbocycles. The minimum absolute atomic E-state index is 0. The number of rotatable bonds is 1. The lowest BCUT2D eigenvalue weighted by molar-refractivity contribution is 0.263. The highest BCUT2D eigenvalue weighted by Gasteiger charge is 1.87. The Morgan fingerprint density at radius 2 is 1.67 bits per heavy atom. The fraction of sp³-hybridized carbons (Fsp3) is 0. The summed E-state index contributed by atoms with van der Waals surface area (Å²) in [6, 6.07) is 0. The van der Waals surface area contributed by atoms with E-state index in [1.807, 2.05) is 0 Å². The highest BCUT2D eigenvalue weighted by Crippen LogP contribution is 2.19. The third kappa shape index (κ3) is 8.90. The molecule has 36 valence electrons. The van der Waals surface area contributed by atoms with Crippen LogP contribution >= 0.6 is 8.60 Å². The maximum Gasteiger partial charge on any atom is 0.344 e. The molecule has 0 radical (unpaired) electrons. The zero-order valence-electron chi connectivity index (χ0n) is 2.33. The molecule has 4 N–H and O–H groups in total. The summed E-state index contributed by atoms with van der Waals surface area (Å²) in [6.45, 7) is 0. The van der Waals surface area contributed by atoms with Crippen LogP contribution in [-0.2, 0) is 4.62 Å². The van der Waals surface area contributed by atoms with Gasteiger partial charge in [0.2, 0.25) is 0 Å². The molecule has 0 aromatic rings. The monoisotopic (exact) mass is 123 g/mol. The summed E-state index contributed by atoms with van der Waals surface area (Å²) in [6.07, 6.45) is 0. The van der Waals surface area contributed by atoms with E-state index in [1.165, 1.54) is 0 Å². The van der Waals surface area contributed by atoms with E-state index in [-0.39, 0.29) is 23.1 Å². The predicted molar refractivity (Wildman–Crippen MR) is 25.2 cm³/mol. The first-order chi connectivity index (χ1) is 2.27. The average molecular weight is 123 g/mol. The molecule has 0 rings (SSSR count). The van der Waals surface area contributed by atoms with Crippen LogP contribution in [0.5, 0.6) is 0 Å². The molecule has 0 amide bonds. The van der Waals surface area contributed by atoms with Gasteiger partial charge in [0.05, 0.1) is 0 Å². The van der Waals surface area contributed by atoms with Crippen molar-refractivity contribution in [3.8, 4) is 0 Å². The lowest BCUT2D eigenvalue weighted by Gasteiger charge is -1.88. The molecule has 0 bridgehead atoms. The molecule has 0 aliphatic rings. The van der Waals surface area contributed by atoms with E-state index in [2.05, 4.69) is 10.5 Å². The minimum Gasteiger partial charge on any atom is -0.327 e. The Balaban J connectivity index is 0. The fourth-order valence-corrected chi connectivity index (χ4v) is 0. The second-order valence-electron chi connectivity index (χ2n) is 0.358. The van der Waals surface area contributed by atoms with Gasteiger partial charge in [0.15, 0.2) is 0 Å². The first-order valence-electron chi connectivity index (χ1n) is 0.818. The van der Waals surface area contributed by atoms with Crippen LogP contribution in [0.15, 0.2) is 0 Å². The van der Waals surface area contributed by atoms with Crippen LogP contribution in [0, 0.1) is 0 Å². The van der Waals surface area contributed by atoms with Gasteiger partial charge in [0.25, 0.3) is 0 Å². The van der Waals surface area contributed by atoms with E-state index in [4.69, 9.17) is 9.79 Å². The molecule has 0 aromatic heterocycles. The van der Waals surface area contributed by atoms with E-state index in [9.17, 15) is 0 Å². The van der Waals surface area contributed by atoms with Crippen LogP contribution in [0.25, 0.3) is 0 Å². The fourth-order valence-electron chi connectivity index (χ4n) is 0. The zero-order valence-corrected chi connectivity index (χ0v) is 3.22. The van der Waals surface area contributed by atoms with Crippen molar-refractivity contribution in [2.24, 2.45) is 5.90 Å². The van der Waals surface area contributed by atoms with Gasteiger partial charge in [-0.3, -0.25) is 0 Å². The second kappa shape index (κ2) is 6.04. The molecule has 0 atom stereocenters. The van der Waals surface area contributed by atoms with Crippen molar-refractivity contribution in [2.75, 3.05) is 0 Å². The van der Waals surface area contributed by atoms with Crippen molar-refractivity contribution in [3.63, 3.8) is 0 Å². The van der Waals surface area contributed by atoms with Crippen LogP contribution in [0.2, 0.25) is 0 Å². The summed E-state index contributed by atoms with van der Waals surface area (Å²) in [5.74, 6) is 4.20. The molecular formula is H6MgNO3P. The first-order valence-corrected chi connectivity index (χ1v) is 1.98. The Kier molecular flexibility index (Phi) is 10.2. The van der Waals surface area contributed by atoms with Crippen LogP contribution in [-0.4, -0.2) is 32.8 Å². The molecule has 0 fully saturated rings. The Labute approximate surface area is 52.4 Å². The summed E-state index contributed by atoms with van der Waals surface area (Å²) in [7, 11) is -2.32. The van der Waals surface area contributed by atoms with E-state index in [1.54, 1.807) is 0 Å². The summed E-state index contributed by atoms with van der Waals surface area (Å²) in [4.78, 5) is 15.3. The maximum absolute atomic E-state index is 7.63. The van der Waals surface area contributed by atoms with Gasteiger partial charge >= 0.3 is 31.7 Å². The van der Waals surface area contributed by atoms with Crippen molar-refractivity contribution >= 4 is 31.7 Å². The Morgan fingerprint density at radius 1 is 1.50 bits per heavy atom. The number of hydrogen-bond acceptors (Lipinski definition) is 4. The molecule has 0 saturated carbocycles. The van der Waals surface area contributed by atoms with Gasteiger partial charge in [0, 0.05) is 0 Å². The summed E-state index contributed by atoms with van der Waals surface area (Å²) in [5.41, 5.74) is 0. The minimum atomic E-state index is -2.32. The molecule has 4 nitrogen and oxygen atoms in total. The van der Waals surface area contributed by atoms with Gasteiger partial charge in [-0.2, -0.15) is 0 Å². The van der Waals surface area contributed by atoms with Gasteiger partial charge in [-0.05, 0) is 0 Å². The van der Waals surface area contributed by atoms with Crippen molar-refractivity contribution in [3.05, 3.63) is 0 Å². The normalized spacial score (nSPS) is 8.00. The molecule has 0 aliphatic heterocycles. The van der Waals surface area contributed by atoms with Gasteiger partial charge in [-0.1, -0.05) is 0 Å². The zero-order chi connectivity index (χ0) is 4.28. The number of nitrogens with two attached hydrogens (primary N) is 1. The SMILES string of the molecule is NOP(O)O.[MgH2]. The van der Waals surface area contributed by atoms with Crippen molar-refractivity contribution < 1.29 is 14.4 Å². The summed E-state index contributed by atoms with van der Waals surface area (Å²) in [5, 5.41) is 0. The standard InChI is InChI=1S/Mg.H4NO3P.2H/c;1-4-5(2)3;;/h;2-3H,1H2;;. The van der Waals surface area contributed by atoms with Crippen LogP contribution < -0.4 is 5.90 Å². The Bertz CT molecular complexity index is 24.8. The lowest BCUT2D eigenvalue weighted by atomic mass is 13.6. The topological polar surface area (TPSA) is 75.7 Å². The predicted octanol–water partition coefficient (Wildman–Crippen LogP) is -1.83. The van der Waals surface area contributed by atoms with Crippen LogP contribution in [0.3, 0.4) is 0 Å². The van der Waals surface area contributed by atoms with Gasteiger partial charge in [-0.25, -0.2) is 10.5 Å². The third-order valence-corrected chi connectivity index (χ3v) is 0.283. The summed E-state index contributed by atoms with van der Waals surface area (Å²) < 4.78 is 3.43. The smallest absolute Gasteiger partial charge is 0.327 e. The van der Waals surface area contributed by atoms with Crippen molar-refractivity contribution in [1.29, 1.82) is 0 Å². The summed E-state index contributed by atoms with van der Waals surface area (Å²) >= 11 is 0. The van der Waals surface area contributed by atoms with Crippen molar-refractivity contribution in [2.45, 2.75) is 0 Å². The van der Waals surface area contributed by atoms with E-state index >= 15 is 0 Å². The van der Waals surface area contributed by atoms with Crippen LogP contribution in [0.4, 0.5) is 0 Å². The highest BCUT2D eigenvalue weighted by molar-refractivity contribution is 7.39. The largest absolute Gasteiger partial charge is 0.344 e. The lowest BCUT2D eigenvalue weighted by Crippen LogP contribution is -1.89. The van der Waals surface area contributed by atoms with E-state index in [0.717, 1.165) is 0 Å². The second-order valence-corrected chi connectivity index (χ2v) is 1.07. The van der Waals surface area contributed by atoms with E-state index in [0.29, 0.717) is 0 Å². The quantitative estimate of drug-likeness (QED) is 0.218. The molecule has 0 heterocycles. The third-order valence-electron chi connectivity index (χ3n) is 0.0943.